The van der Waals surface area contributed by atoms with Crippen LogP contribution in [0.5, 0.6) is 0 Å². The Bertz CT molecular complexity index is 930. The first-order valence-electron chi connectivity index (χ1n) is 9.18. The molecular formula is C22H22N2O4. The molecule has 0 radical (unpaired) electrons. The van der Waals surface area contributed by atoms with Gasteiger partial charge in [-0.2, -0.15) is 0 Å². The van der Waals surface area contributed by atoms with Crippen LogP contribution < -0.4 is 5.32 Å². The summed E-state index contributed by atoms with van der Waals surface area (Å²) < 4.78 is 0. The maximum atomic E-state index is 13.0. The molecule has 1 aliphatic rings. The number of hydrogen-bond acceptors (Lipinski definition) is 4. The summed E-state index contributed by atoms with van der Waals surface area (Å²) in [4.78, 5) is 51.3. The second-order valence-electron chi connectivity index (χ2n) is 7.30. The van der Waals surface area contributed by atoms with Gasteiger partial charge < -0.3 is 5.32 Å². The van der Waals surface area contributed by atoms with Crippen molar-refractivity contribution in [2.45, 2.75) is 33.2 Å². The zero-order valence-corrected chi connectivity index (χ0v) is 16.1. The number of Topliss-reactive ketones (excluding diaryl/α,β-unsaturated/α-hetero) is 1. The number of ketones is 1. The fraction of sp³-hybridized carbons (Fsp3) is 0.273. The summed E-state index contributed by atoms with van der Waals surface area (Å²) in [5, 5.41) is 2.75. The van der Waals surface area contributed by atoms with Crippen molar-refractivity contribution in [3.05, 3.63) is 65.2 Å². The van der Waals surface area contributed by atoms with Gasteiger partial charge in [-0.15, -0.1) is 0 Å². The number of hydrogen-bond donors (Lipinski definition) is 1. The van der Waals surface area contributed by atoms with Gasteiger partial charge in [0, 0.05) is 11.3 Å². The smallest absolute Gasteiger partial charge is 0.262 e. The van der Waals surface area contributed by atoms with E-state index in [9.17, 15) is 19.2 Å². The van der Waals surface area contributed by atoms with E-state index in [2.05, 4.69) is 5.32 Å². The molecule has 0 spiro atoms. The topological polar surface area (TPSA) is 83.6 Å². The molecule has 0 aliphatic carbocycles. The molecule has 1 aliphatic heterocycles. The van der Waals surface area contributed by atoms with Gasteiger partial charge >= 0.3 is 0 Å². The van der Waals surface area contributed by atoms with Gasteiger partial charge in [-0.05, 0) is 43.5 Å². The van der Waals surface area contributed by atoms with Gasteiger partial charge in [-0.25, -0.2) is 0 Å². The molecule has 1 atom stereocenters. The second kappa shape index (κ2) is 7.76. The van der Waals surface area contributed by atoms with Crippen molar-refractivity contribution in [2.75, 3.05) is 5.32 Å². The Morgan fingerprint density at radius 3 is 2.11 bits per heavy atom. The third-order valence-electron chi connectivity index (χ3n) is 4.67. The summed E-state index contributed by atoms with van der Waals surface area (Å²) in [6.45, 7) is 5.30. The highest BCUT2D eigenvalue weighted by atomic mass is 16.2. The molecule has 6 nitrogen and oxygen atoms in total. The molecule has 0 aromatic heterocycles. The van der Waals surface area contributed by atoms with E-state index in [-0.39, 0.29) is 11.7 Å². The van der Waals surface area contributed by atoms with E-state index < -0.39 is 23.8 Å². The van der Waals surface area contributed by atoms with E-state index >= 15 is 0 Å². The fourth-order valence-corrected chi connectivity index (χ4v) is 3.31. The van der Waals surface area contributed by atoms with Crippen LogP contribution >= 0.6 is 0 Å². The molecule has 2 aromatic rings. The summed E-state index contributed by atoms with van der Waals surface area (Å²) in [6.07, 6.45) is 0.337. The fourth-order valence-electron chi connectivity index (χ4n) is 3.31. The molecule has 1 N–H and O–H groups in total. The first kappa shape index (κ1) is 19.5. The summed E-state index contributed by atoms with van der Waals surface area (Å²) in [6, 6.07) is 12.2. The molecule has 2 aromatic carbocycles. The lowest BCUT2D eigenvalue weighted by Gasteiger charge is -2.26. The van der Waals surface area contributed by atoms with Crippen molar-refractivity contribution in [1.82, 2.24) is 4.90 Å². The van der Waals surface area contributed by atoms with Crippen LogP contribution in [0.25, 0.3) is 0 Å². The Morgan fingerprint density at radius 2 is 1.57 bits per heavy atom. The van der Waals surface area contributed by atoms with Crippen molar-refractivity contribution in [3.8, 4) is 0 Å². The summed E-state index contributed by atoms with van der Waals surface area (Å²) >= 11 is 0. The molecule has 3 amide bonds. The standard InChI is InChI=1S/C22H22N2O4/c1-13(2)11-19(20(26)23-16-8-6-7-15(12-16)14(3)25)24-21(27)17-9-4-5-10-18(17)22(24)28/h4-10,12-13,19H,11H2,1-3H3,(H,23,26)/t19-/m1/s1. The predicted molar refractivity (Wildman–Crippen MR) is 105 cm³/mol. The van der Waals surface area contributed by atoms with Crippen molar-refractivity contribution in [3.63, 3.8) is 0 Å². The van der Waals surface area contributed by atoms with Gasteiger partial charge in [0.25, 0.3) is 11.8 Å². The van der Waals surface area contributed by atoms with Crippen LogP contribution in [0.1, 0.15) is 58.3 Å². The molecule has 0 bridgehead atoms. The number of carbonyl (C=O) groups excluding carboxylic acids is 4. The second-order valence-corrected chi connectivity index (χ2v) is 7.30. The van der Waals surface area contributed by atoms with Crippen molar-refractivity contribution >= 4 is 29.2 Å². The Labute approximate surface area is 163 Å². The summed E-state index contributed by atoms with van der Waals surface area (Å²) in [7, 11) is 0. The molecule has 0 saturated heterocycles. The predicted octanol–water partition coefficient (Wildman–Crippen LogP) is 3.54. The van der Waals surface area contributed by atoms with E-state index in [1.807, 2.05) is 13.8 Å². The van der Waals surface area contributed by atoms with E-state index in [0.29, 0.717) is 28.8 Å². The normalized spacial score (nSPS) is 14.2. The van der Waals surface area contributed by atoms with Crippen LogP contribution in [0.4, 0.5) is 5.69 Å². The van der Waals surface area contributed by atoms with E-state index in [4.69, 9.17) is 0 Å². The van der Waals surface area contributed by atoms with Gasteiger partial charge in [-0.1, -0.05) is 38.1 Å². The average Bonchev–Trinajstić information content (AvgIpc) is 2.91. The Kier molecular flexibility index (Phi) is 5.40. The Morgan fingerprint density at radius 1 is 0.964 bits per heavy atom. The number of nitrogens with one attached hydrogen (secondary N) is 1. The third-order valence-corrected chi connectivity index (χ3v) is 4.67. The minimum Gasteiger partial charge on any atom is -0.324 e. The molecular weight excluding hydrogens is 356 g/mol. The first-order valence-corrected chi connectivity index (χ1v) is 9.18. The average molecular weight is 378 g/mol. The lowest BCUT2D eigenvalue weighted by atomic mass is 10.0. The van der Waals surface area contributed by atoms with Gasteiger partial charge in [-0.3, -0.25) is 24.1 Å². The van der Waals surface area contributed by atoms with Gasteiger partial charge in [0.15, 0.2) is 5.78 Å². The maximum absolute atomic E-state index is 13.0. The summed E-state index contributed by atoms with van der Waals surface area (Å²) in [5.74, 6) is -1.40. The molecule has 144 valence electrons. The Hall–Kier alpha value is -3.28. The van der Waals surface area contributed by atoms with Crippen LogP contribution in [0.2, 0.25) is 0 Å². The summed E-state index contributed by atoms with van der Waals surface area (Å²) in [5.41, 5.74) is 1.54. The van der Waals surface area contributed by atoms with Crippen LogP contribution in [0.3, 0.4) is 0 Å². The van der Waals surface area contributed by atoms with Crippen LogP contribution in [-0.4, -0.2) is 34.4 Å². The van der Waals surface area contributed by atoms with E-state index in [0.717, 1.165) is 4.90 Å². The highest BCUT2D eigenvalue weighted by molar-refractivity contribution is 6.23. The minimum atomic E-state index is -0.937. The number of fused-ring (bicyclic) bond motifs is 1. The number of amides is 3. The molecule has 28 heavy (non-hydrogen) atoms. The first-order chi connectivity index (χ1) is 13.3. The lowest BCUT2D eigenvalue weighted by molar-refractivity contribution is -0.120. The van der Waals surface area contributed by atoms with Crippen molar-refractivity contribution in [2.24, 2.45) is 5.92 Å². The van der Waals surface area contributed by atoms with Crippen molar-refractivity contribution < 1.29 is 19.2 Å². The SMILES string of the molecule is CC(=O)c1cccc(NC(=O)[C@@H](CC(C)C)N2C(=O)c3ccccc3C2=O)c1. The number of rotatable bonds is 6. The zero-order chi connectivity index (χ0) is 20.4. The minimum absolute atomic E-state index is 0.0867. The van der Waals surface area contributed by atoms with E-state index in [1.54, 1.807) is 48.5 Å². The van der Waals surface area contributed by atoms with Crippen LogP contribution in [0, 0.1) is 5.92 Å². The molecule has 0 unspecified atom stereocenters. The lowest BCUT2D eigenvalue weighted by Crippen LogP contribution is -2.47. The number of imide groups is 1. The molecule has 3 rings (SSSR count). The zero-order valence-electron chi connectivity index (χ0n) is 16.1. The quantitative estimate of drug-likeness (QED) is 0.616. The Balaban J connectivity index is 1.90. The number of carbonyl (C=O) groups is 4. The largest absolute Gasteiger partial charge is 0.324 e. The number of anilines is 1. The highest BCUT2D eigenvalue weighted by Gasteiger charge is 2.42. The molecule has 1 heterocycles. The van der Waals surface area contributed by atoms with Gasteiger partial charge in [0.1, 0.15) is 6.04 Å². The third kappa shape index (κ3) is 3.71. The maximum Gasteiger partial charge on any atom is 0.262 e. The molecule has 6 heteroatoms. The van der Waals surface area contributed by atoms with E-state index in [1.165, 1.54) is 6.92 Å². The van der Waals surface area contributed by atoms with Gasteiger partial charge in [0.2, 0.25) is 5.91 Å². The van der Waals surface area contributed by atoms with Crippen LogP contribution in [-0.2, 0) is 4.79 Å². The van der Waals surface area contributed by atoms with Gasteiger partial charge in [0.05, 0.1) is 11.1 Å². The van der Waals surface area contributed by atoms with Crippen LogP contribution in [0.15, 0.2) is 48.5 Å². The van der Waals surface area contributed by atoms with Crippen molar-refractivity contribution in [1.29, 1.82) is 0 Å². The number of benzene rings is 2. The monoisotopic (exact) mass is 378 g/mol. The number of nitrogens with zero attached hydrogens (tertiary/aromatic N) is 1. The highest BCUT2D eigenvalue weighted by Crippen LogP contribution is 2.27. The molecule has 0 saturated carbocycles. The molecule has 0 fully saturated rings.